The van der Waals surface area contributed by atoms with Crippen LogP contribution in [0.15, 0.2) is 30.3 Å². The van der Waals surface area contributed by atoms with Gasteiger partial charge in [-0.05, 0) is 18.1 Å². The molecule has 1 rings (SSSR count). The smallest absolute Gasteiger partial charge is 0.256 e. The maximum Gasteiger partial charge on any atom is 0.256 e. The number of alkyl halides is 2. The van der Waals surface area contributed by atoms with Gasteiger partial charge in [-0.1, -0.05) is 66.0 Å². The predicted octanol–water partition coefficient (Wildman–Crippen LogP) is 4.00. The lowest BCUT2D eigenvalue weighted by Gasteiger charge is -2.25. The third kappa shape index (κ3) is 3.22. The van der Waals surface area contributed by atoms with Gasteiger partial charge in [-0.25, -0.2) is 0 Å². The summed E-state index contributed by atoms with van der Waals surface area (Å²) in [5.41, 5.74) is 0.750. The summed E-state index contributed by atoms with van der Waals surface area (Å²) in [4.78, 5) is 11.9. The number of amides is 1. The largest absolute Gasteiger partial charge is 0.324 e. The van der Waals surface area contributed by atoms with Gasteiger partial charge in [0.15, 0.2) is 3.78 Å². The fourth-order valence-corrected chi connectivity index (χ4v) is 1.84. The Hall–Kier alpha value is -0.540. The Labute approximate surface area is 110 Å². The molecule has 0 aliphatic carbocycles. The van der Waals surface area contributed by atoms with E-state index in [1.54, 1.807) is 0 Å². The van der Waals surface area contributed by atoms with E-state index in [0.717, 1.165) is 12.1 Å². The highest BCUT2D eigenvalue weighted by molar-refractivity contribution is 9.10. The quantitative estimate of drug-likeness (QED) is 0.837. The minimum Gasteiger partial charge on any atom is -0.324 e. The van der Waals surface area contributed by atoms with Crippen LogP contribution >= 0.6 is 27.5 Å². The van der Waals surface area contributed by atoms with Gasteiger partial charge < -0.3 is 5.32 Å². The molecule has 1 N–H and O–H groups in total. The maximum atomic E-state index is 11.9. The zero-order chi connectivity index (χ0) is 12.2. The molecule has 0 saturated heterocycles. The molecule has 1 aromatic rings. The molecule has 0 fully saturated rings. The van der Waals surface area contributed by atoms with Gasteiger partial charge in [0.05, 0.1) is 0 Å². The molecule has 0 radical (unpaired) electrons. The van der Waals surface area contributed by atoms with Crippen molar-refractivity contribution in [3.63, 3.8) is 0 Å². The number of hydrogen-bond donors (Lipinski definition) is 1. The first kappa shape index (κ1) is 13.5. The number of rotatable bonds is 4. The highest BCUT2D eigenvalue weighted by atomic mass is 79.9. The van der Waals surface area contributed by atoms with Crippen molar-refractivity contribution in [3.05, 3.63) is 30.3 Å². The fraction of sp³-hybridized carbons (Fsp3) is 0.417. The number of halogens is 2. The topological polar surface area (TPSA) is 29.1 Å². The second kappa shape index (κ2) is 5.69. The second-order valence-corrected chi connectivity index (χ2v) is 6.06. The molecule has 2 nitrogen and oxygen atoms in total. The average molecular weight is 305 g/mol. The number of carbonyl (C=O) groups is 1. The van der Waals surface area contributed by atoms with Crippen LogP contribution in [0.4, 0.5) is 5.69 Å². The number of nitrogens with one attached hydrogen (secondary N) is 1. The highest BCUT2D eigenvalue weighted by Crippen LogP contribution is 2.35. The molecule has 0 spiro atoms. The molecule has 1 aromatic carbocycles. The van der Waals surface area contributed by atoms with Crippen LogP contribution in [-0.2, 0) is 4.79 Å². The summed E-state index contributed by atoms with van der Waals surface area (Å²) in [6.45, 7) is 3.94. The van der Waals surface area contributed by atoms with E-state index in [4.69, 9.17) is 11.6 Å². The minimum atomic E-state index is -1.04. The summed E-state index contributed by atoms with van der Waals surface area (Å²) in [5.74, 6) is -0.174. The minimum absolute atomic E-state index is 0.0536. The number of anilines is 1. The Morgan fingerprint density at radius 3 is 2.56 bits per heavy atom. The normalized spacial score (nSPS) is 16.2. The molecule has 0 aromatic heterocycles. The lowest BCUT2D eigenvalue weighted by Crippen LogP contribution is -2.37. The van der Waals surface area contributed by atoms with Crippen LogP contribution < -0.4 is 5.32 Å². The summed E-state index contributed by atoms with van der Waals surface area (Å²) in [6.07, 6.45) is 0.830. The van der Waals surface area contributed by atoms with Gasteiger partial charge in [-0.3, -0.25) is 4.79 Å². The van der Waals surface area contributed by atoms with Crippen LogP contribution in [0.25, 0.3) is 0 Å². The summed E-state index contributed by atoms with van der Waals surface area (Å²) in [6, 6.07) is 9.28. The Kier molecular flexibility index (Phi) is 4.81. The molecule has 0 heterocycles. The van der Waals surface area contributed by atoms with Gasteiger partial charge in [0.25, 0.3) is 5.91 Å². The number of para-hydroxylation sites is 1. The average Bonchev–Trinajstić information content (AvgIpc) is 2.29. The van der Waals surface area contributed by atoms with Crippen LogP contribution in [0.5, 0.6) is 0 Å². The first-order chi connectivity index (χ1) is 7.48. The molecule has 0 saturated carbocycles. The molecule has 0 aliphatic heterocycles. The van der Waals surface area contributed by atoms with Crippen LogP contribution in [0, 0.1) is 5.92 Å². The van der Waals surface area contributed by atoms with Gasteiger partial charge in [-0.2, -0.15) is 0 Å². The Morgan fingerprint density at radius 1 is 1.50 bits per heavy atom. The van der Waals surface area contributed by atoms with E-state index in [9.17, 15) is 4.79 Å². The Bertz CT molecular complexity index is 353. The monoisotopic (exact) mass is 303 g/mol. The Balaban J connectivity index is 2.72. The van der Waals surface area contributed by atoms with E-state index < -0.39 is 3.78 Å². The van der Waals surface area contributed by atoms with E-state index in [0.29, 0.717) is 0 Å². The molecule has 16 heavy (non-hydrogen) atoms. The van der Waals surface area contributed by atoms with Crippen molar-refractivity contribution in [2.75, 3.05) is 5.32 Å². The maximum absolute atomic E-state index is 11.9. The molecule has 2 atom stereocenters. The first-order valence-corrected chi connectivity index (χ1v) is 6.40. The van der Waals surface area contributed by atoms with Gasteiger partial charge >= 0.3 is 0 Å². The van der Waals surface area contributed by atoms with Gasteiger partial charge in [0, 0.05) is 5.69 Å². The van der Waals surface area contributed by atoms with E-state index >= 15 is 0 Å². The lowest BCUT2D eigenvalue weighted by molar-refractivity contribution is -0.117. The molecule has 1 amide bonds. The molecule has 88 valence electrons. The van der Waals surface area contributed by atoms with Crippen molar-refractivity contribution >= 4 is 39.1 Å². The second-order valence-electron chi connectivity index (χ2n) is 3.75. The predicted molar refractivity (Wildman–Crippen MR) is 72.0 cm³/mol. The SMILES string of the molecule is CCC(C)C(Cl)(Br)C(=O)Nc1ccccc1. The zero-order valence-electron chi connectivity index (χ0n) is 9.34. The van der Waals surface area contributed by atoms with Gasteiger partial charge in [-0.15, -0.1) is 0 Å². The van der Waals surface area contributed by atoms with Crippen LogP contribution in [0.1, 0.15) is 20.3 Å². The molecule has 2 unspecified atom stereocenters. The van der Waals surface area contributed by atoms with E-state index in [2.05, 4.69) is 21.2 Å². The van der Waals surface area contributed by atoms with Crippen molar-refractivity contribution < 1.29 is 4.79 Å². The molecule has 0 aliphatic rings. The third-order valence-corrected chi connectivity index (χ3v) is 4.25. The van der Waals surface area contributed by atoms with Crippen LogP contribution in [-0.4, -0.2) is 9.69 Å². The van der Waals surface area contributed by atoms with E-state index in [1.807, 2.05) is 44.2 Å². The van der Waals surface area contributed by atoms with Gasteiger partial charge in [0.1, 0.15) is 0 Å². The summed E-state index contributed by atoms with van der Waals surface area (Å²) in [5, 5.41) is 2.78. The molecule has 4 heteroatoms. The number of hydrogen-bond acceptors (Lipinski definition) is 1. The van der Waals surface area contributed by atoms with Crippen LogP contribution in [0.2, 0.25) is 0 Å². The van der Waals surface area contributed by atoms with Crippen molar-refractivity contribution in [1.82, 2.24) is 0 Å². The lowest BCUT2D eigenvalue weighted by atomic mass is 10.0. The van der Waals surface area contributed by atoms with Crippen molar-refractivity contribution in [1.29, 1.82) is 0 Å². The summed E-state index contributed by atoms with van der Waals surface area (Å²) < 4.78 is -1.04. The van der Waals surface area contributed by atoms with Crippen LogP contribution in [0.3, 0.4) is 0 Å². The summed E-state index contributed by atoms with van der Waals surface area (Å²) >= 11 is 9.48. The summed E-state index contributed by atoms with van der Waals surface area (Å²) in [7, 11) is 0. The fourth-order valence-electron chi connectivity index (χ4n) is 1.22. The van der Waals surface area contributed by atoms with Crippen molar-refractivity contribution in [2.45, 2.75) is 24.1 Å². The highest BCUT2D eigenvalue weighted by Gasteiger charge is 2.38. The molecular formula is C12H15BrClNO. The molecular weight excluding hydrogens is 289 g/mol. The zero-order valence-corrected chi connectivity index (χ0v) is 11.7. The number of benzene rings is 1. The third-order valence-electron chi connectivity index (χ3n) is 2.57. The first-order valence-electron chi connectivity index (χ1n) is 5.22. The van der Waals surface area contributed by atoms with Crippen molar-refractivity contribution in [2.24, 2.45) is 5.92 Å². The van der Waals surface area contributed by atoms with E-state index in [-0.39, 0.29) is 11.8 Å². The molecule has 0 bridgehead atoms. The standard InChI is InChI=1S/C12H15BrClNO/c1-3-9(2)12(13,14)11(16)15-10-7-5-4-6-8-10/h4-9H,3H2,1-2H3,(H,15,16). The van der Waals surface area contributed by atoms with Crippen molar-refractivity contribution in [3.8, 4) is 0 Å². The van der Waals surface area contributed by atoms with E-state index in [1.165, 1.54) is 0 Å². The number of carbonyl (C=O) groups excluding carboxylic acids is 1. The van der Waals surface area contributed by atoms with Gasteiger partial charge in [0.2, 0.25) is 0 Å². The Morgan fingerprint density at radius 2 is 2.06 bits per heavy atom.